The van der Waals surface area contributed by atoms with Gasteiger partial charge in [0.25, 0.3) is 0 Å². The van der Waals surface area contributed by atoms with E-state index in [4.69, 9.17) is 0 Å². The van der Waals surface area contributed by atoms with Gasteiger partial charge in [-0.25, -0.2) is 4.98 Å². The number of thiazole rings is 1. The zero-order chi connectivity index (χ0) is 14.6. The lowest BCUT2D eigenvalue weighted by Crippen LogP contribution is -2.48. The van der Waals surface area contributed by atoms with Crippen LogP contribution < -0.4 is 5.32 Å². The van der Waals surface area contributed by atoms with Gasteiger partial charge in [-0.1, -0.05) is 37.3 Å². The standard InChI is InChI=1S/C15H18N2O2S/c1-3-15(2,14(18)19)16-9-12-10-20-13(17-12)11-7-5-4-6-8-11/h4-8,10,16H,3,9H2,1-2H3,(H,18,19). The van der Waals surface area contributed by atoms with Crippen LogP contribution in [0.2, 0.25) is 0 Å². The summed E-state index contributed by atoms with van der Waals surface area (Å²) in [4.78, 5) is 15.8. The number of carbonyl (C=O) groups is 1. The number of nitrogens with one attached hydrogen (secondary N) is 1. The van der Waals surface area contributed by atoms with Gasteiger partial charge in [-0.15, -0.1) is 11.3 Å². The summed E-state index contributed by atoms with van der Waals surface area (Å²) >= 11 is 1.57. The Bertz CT molecular complexity index is 583. The summed E-state index contributed by atoms with van der Waals surface area (Å²) in [5, 5.41) is 15.2. The summed E-state index contributed by atoms with van der Waals surface area (Å²) in [6, 6.07) is 9.96. The van der Waals surface area contributed by atoms with E-state index in [0.717, 1.165) is 16.3 Å². The molecule has 106 valence electrons. The maximum atomic E-state index is 11.2. The van der Waals surface area contributed by atoms with Crippen LogP contribution in [0.3, 0.4) is 0 Å². The molecule has 0 spiro atoms. The Balaban J connectivity index is 2.06. The van der Waals surface area contributed by atoms with Crippen molar-refractivity contribution in [3.63, 3.8) is 0 Å². The Hall–Kier alpha value is -1.72. The molecule has 1 heterocycles. The summed E-state index contributed by atoms with van der Waals surface area (Å²) in [6.07, 6.45) is 0.526. The molecule has 0 saturated carbocycles. The number of benzene rings is 1. The van der Waals surface area contributed by atoms with Crippen molar-refractivity contribution in [2.75, 3.05) is 0 Å². The van der Waals surface area contributed by atoms with Gasteiger partial charge in [-0.2, -0.15) is 0 Å². The van der Waals surface area contributed by atoms with E-state index < -0.39 is 11.5 Å². The molecule has 0 fully saturated rings. The number of nitrogens with zero attached hydrogens (tertiary/aromatic N) is 1. The first-order valence-corrected chi connectivity index (χ1v) is 7.41. The first-order chi connectivity index (χ1) is 9.55. The topological polar surface area (TPSA) is 62.2 Å². The normalized spacial score (nSPS) is 13.9. The van der Waals surface area contributed by atoms with Crippen molar-refractivity contribution >= 4 is 17.3 Å². The molecule has 1 unspecified atom stereocenters. The second kappa shape index (κ2) is 6.15. The number of aliphatic carboxylic acids is 1. The maximum Gasteiger partial charge on any atom is 0.323 e. The molecule has 1 atom stereocenters. The highest BCUT2D eigenvalue weighted by Crippen LogP contribution is 2.23. The molecule has 1 aromatic carbocycles. The van der Waals surface area contributed by atoms with Crippen LogP contribution in [0.15, 0.2) is 35.7 Å². The SMILES string of the molecule is CCC(C)(NCc1csc(-c2ccccc2)n1)C(=O)O. The lowest BCUT2D eigenvalue weighted by Gasteiger charge is -2.24. The summed E-state index contributed by atoms with van der Waals surface area (Å²) in [5.74, 6) is -0.835. The van der Waals surface area contributed by atoms with E-state index in [1.807, 2.05) is 42.6 Å². The van der Waals surface area contributed by atoms with Gasteiger partial charge in [-0.3, -0.25) is 10.1 Å². The molecular weight excluding hydrogens is 272 g/mol. The number of hydrogen-bond donors (Lipinski definition) is 2. The second-order valence-electron chi connectivity index (χ2n) is 4.85. The fourth-order valence-corrected chi connectivity index (χ4v) is 2.56. The first kappa shape index (κ1) is 14.7. The number of rotatable bonds is 6. The lowest BCUT2D eigenvalue weighted by molar-refractivity contribution is -0.144. The van der Waals surface area contributed by atoms with Crippen LogP contribution in [-0.2, 0) is 11.3 Å². The van der Waals surface area contributed by atoms with E-state index in [1.165, 1.54) is 0 Å². The Kier molecular flexibility index (Phi) is 4.52. The average molecular weight is 290 g/mol. The van der Waals surface area contributed by atoms with Crippen LogP contribution in [0.25, 0.3) is 10.6 Å². The van der Waals surface area contributed by atoms with Crippen LogP contribution >= 0.6 is 11.3 Å². The van der Waals surface area contributed by atoms with Gasteiger partial charge in [0.15, 0.2) is 0 Å². The molecule has 0 aliphatic rings. The lowest BCUT2D eigenvalue weighted by atomic mass is 9.99. The number of carboxylic acid groups (broad SMARTS) is 1. The zero-order valence-electron chi connectivity index (χ0n) is 11.6. The van der Waals surface area contributed by atoms with Crippen molar-refractivity contribution < 1.29 is 9.90 Å². The minimum absolute atomic E-state index is 0.458. The largest absolute Gasteiger partial charge is 0.480 e. The summed E-state index contributed by atoms with van der Waals surface area (Å²) in [5.41, 5.74) is 1.05. The van der Waals surface area contributed by atoms with E-state index in [0.29, 0.717) is 13.0 Å². The molecule has 1 aromatic heterocycles. The van der Waals surface area contributed by atoms with Gasteiger partial charge in [0, 0.05) is 17.5 Å². The molecule has 0 bridgehead atoms. The van der Waals surface area contributed by atoms with E-state index >= 15 is 0 Å². The Morgan fingerprint density at radius 2 is 2.10 bits per heavy atom. The third-order valence-electron chi connectivity index (χ3n) is 3.41. The Morgan fingerprint density at radius 1 is 1.40 bits per heavy atom. The third kappa shape index (κ3) is 3.23. The minimum atomic E-state index is -0.906. The zero-order valence-corrected chi connectivity index (χ0v) is 12.4. The molecule has 0 aliphatic carbocycles. The molecule has 0 aliphatic heterocycles. The second-order valence-corrected chi connectivity index (χ2v) is 5.71. The molecule has 4 nitrogen and oxygen atoms in total. The number of hydrogen-bond acceptors (Lipinski definition) is 4. The number of aromatic nitrogens is 1. The first-order valence-electron chi connectivity index (χ1n) is 6.53. The van der Waals surface area contributed by atoms with Crippen molar-refractivity contribution in [2.45, 2.75) is 32.4 Å². The number of carboxylic acids is 1. The van der Waals surface area contributed by atoms with Crippen LogP contribution in [-0.4, -0.2) is 21.6 Å². The molecule has 2 rings (SSSR count). The fraction of sp³-hybridized carbons (Fsp3) is 0.333. The van der Waals surface area contributed by atoms with E-state index in [-0.39, 0.29) is 0 Å². The van der Waals surface area contributed by atoms with Crippen molar-refractivity contribution in [1.82, 2.24) is 10.3 Å². The van der Waals surface area contributed by atoms with E-state index in [2.05, 4.69) is 10.3 Å². The van der Waals surface area contributed by atoms with Gasteiger partial charge in [0.05, 0.1) is 5.69 Å². The van der Waals surface area contributed by atoms with Gasteiger partial charge in [0.1, 0.15) is 10.5 Å². The predicted molar refractivity (Wildman–Crippen MR) is 80.7 cm³/mol. The quantitative estimate of drug-likeness (QED) is 0.858. The molecule has 20 heavy (non-hydrogen) atoms. The highest BCUT2D eigenvalue weighted by Gasteiger charge is 2.30. The Labute approximate surface area is 122 Å². The molecular formula is C15H18N2O2S. The molecule has 0 radical (unpaired) electrons. The fourth-order valence-electron chi connectivity index (χ4n) is 1.74. The molecule has 2 aromatic rings. The minimum Gasteiger partial charge on any atom is -0.480 e. The van der Waals surface area contributed by atoms with Crippen LogP contribution in [0.1, 0.15) is 26.0 Å². The molecule has 0 amide bonds. The molecule has 5 heteroatoms. The van der Waals surface area contributed by atoms with E-state index in [1.54, 1.807) is 18.3 Å². The van der Waals surface area contributed by atoms with Crippen LogP contribution in [0.5, 0.6) is 0 Å². The van der Waals surface area contributed by atoms with Crippen LogP contribution in [0, 0.1) is 0 Å². The van der Waals surface area contributed by atoms with Gasteiger partial charge in [0.2, 0.25) is 0 Å². The van der Waals surface area contributed by atoms with Crippen LogP contribution in [0.4, 0.5) is 0 Å². The van der Waals surface area contributed by atoms with Crippen molar-refractivity contribution in [1.29, 1.82) is 0 Å². The van der Waals surface area contributed by atoms with Crippen molar-refractivity contribution in [2.24, 2.45) is 0 Å². The highest BCUT2D eigenvalue weighted by molar-refractivity contribution is 7.13. The van der Waals surface area contributed by atoms with Gasteiger partial charge < -0.3 is 5.11 Å². The third-order valence-corrected chi connectivity index (χ3v) is 4.35. The van der Waals surface area contributed by atoms with E-state index in [9.17, 15) is 9.90 Å². The molecule has 2 N–H and O–H groups in total. The summed E-state index contributed by atoms with van der Waals surface area (Å²) in [7, 11) is 0. The van der Waals surface area contributed by atoms with Gasteiger partial charge in [-0.05, 0) is 13.3 Å². The molecule has 0 saturated heterocycles. The van der Waals surface area contributed by atoms with Crippen molar-refractivity contribution in [3.05, 3.63) is 41.4 Å². The Morgan fingerprint density at radius 3 is 2.70 bits per heavy atom. The highest BCUT2D eigenvalue weighted by atomic mass is 32.1. The average Bonchev–Trinajstić information content (AvgIpc) is 2.94. The monoisotopic (exact) mass is 290 g/mol. The smallest absolute Gasteiger partial charge is 0.323 e. The maximum absolute atomic E-state index is 11.2. The predicted octanol–water partition coefficient (Wildman–Crippen LogP) is 3.15. The summed E-state index contributed by atoms with van der Waals surface area (Å²) < 4.78 is 0. The summed E-state index contributed by atoms with van der Waals surface area (Å²) in [6.45, 7) is 4.01. The van der Waals surface area contributed by atoms with Gasteiger partial charge >= 0.3 is 5.97 Å². The van der Waals surface area contributed by atoms with Crippen molar-refractivity contribution in [3.8, 4) is 10.6 Å².